The normalized spacial score (nSPS) is 17.9. The lowest BCUT2D eigenvalue weighted by Gasteiger charge is -2.12. The second-order valence-corrected chi connectivity index (χ2v) is 5.32. The van der Waals surface area contributed by atoms with E-state index in [4.69, 9.17) is 9.47 Å². The van der Waals surface area contributed by atoms with Crippen LogP contribution in [0.25, 0.3) is 0 Å². The van der Waals surface area contributed by atoms with Crippen LogP contribution in [0.15, 0.2) is 35.8 Å². The van der Waals surface area contributed by atoms with Gasteiger partial charge in [0.1, 0.15) is 11.9 Å². The van der Waals surface area contributed by atoms with Crippen LogP contribution < -0.4 is 10.1 Å². The third-order valence-electron chi connectivity index (χ3n) is 2.94. The quantitative estimate of drug-likeness (QED) is 0.940. The monoisotopic (exact) mass is 290 g/mol. The number of ether oxygens (including phenoxy) is 2. The molecule has 1 aliphatic rings. The Bertz CT molecular complexity index is 580. The van der Waals surface area contributed by atoms with Crippen molar-refractivity contribution in [2.45, 2.75) is 12.5 Å². The number of hydrogen-bond acceptors (Lipinski definition) is 5. The van der Waals surface area contributed by atoms with Crippen LogP contribution in [-0.4, -0.2) is 30.2 Å². The summed E-state index contributed by atoms with van der Waals surface area (Å²) in [6, 6.07) is 7.14. The Morgan fingerprint density at radius 1 is 1.50 bits per heavy atom. The number of carbonyl (C=O) groups is 1. The topological polar surface area (TPSA) is 60.5 Å². The molecule has 20 heavy (non-hydrogen) atoms. The molecular formula is C14H14N2O3S. The number of nitrogens with zero attached hydrogens (tertiary/aromatic N) is 1. The highest BCUT2D eigenvalue weighted by Gasteiger charge is 2.17. The molecule has 2 aromatic rings. The molecule has 1 atom stereocenters. The number of hydrogen-bond donors (Lipinski definition) is 1. The van der Waals surface area contributed by atoms with Gasteiger partial charge in [0.05, 0.1) is 13.2 Å². The minimum atomic E-state index is -0.187. The van der Waals surface area contributed by atoms with E-state index in [0.29, 0.717) is 23.1 Å². The molecule has 0 radical (unpaired) electrons. The Balaban J connectivity index is 1.68. The van der Waals surface area contributed by atoms with Crippen LogP contribution in [0.3, 0.4) is 0 Å². The third-order valence-corrected chi connectivity index (χ3v) is 3.63. The highest BCUT2D eigenvalue weighted by molar-refractivity contribution is 7.13. The highest BCUT2D eigenvalue weighted by Crippen LogP contribution is 2.19. The summed E-state index contributed by atoms with van der Waals surface area (Å²) in [5.74, 6) is 0.500. The summed E-state index contributed by atoms with van der Waals surface area (Å²) in [4.78, 5) is 16.1. The van der Waals surface area contributed by atoms with Crippen LogP contribution in [0, 0.1) is 0 Å². The van der Waals surface area contributed by atoms with Crippen molar-refractivity contribution in [3.63, 3.8) is 0 Å². The maximum absolute atomic E-state index is 12.1. The minimum absolute atomic E-state index is 0.0762. The van der Waals surface area contributed by atoms with E-state index >= 15 is 0 Å². The molecule has 6 heteroatoms. The zero-order valence-electron chi connectivity index (χ0n) is 10.7. The van der Waals surface area contributed by atoms with Gasteiger partial charge in [0.2, 0.25) is 0 Å². The Morgan fingerprint density at radius 2 is 2.45 bits per heavy atom. The smallest absolute Gasteiger partial charge is 0.257 e. The second-order valence-electron chi connectivity index (χ2n) is 4.42. The van der Waals surface area contributed by atoms with Gasteiger partial charge in [-0.3, -0.25) is 10.1 Å². The number of carbonyl (C=O) groups excluding carboxylic acids is 1. The number of benzene rings is 1. The predicted octanol–water partition coefficient (Wildman–Crippen LogP) is 2.56. The SMILES string of the molecule is O=C(Nc1nccs1)c1cccc(OC2CCOC2)c1. The summed E-state index contributed by atoms with van der Waals surface area (Å²) in [6.45, 7) is 1.34. The largest absolute Gasteiger partial charge is 0.488 e. The molecule has 1 aromatic heterocycles. The summed E-state index contributed by atoms with van der Waals surface area (Å²) >= 11 is 1.39. The van der Waals surface area contributed by atoms with E-state index in [1.165, 1.54) is 11.3 Å². The van der Waals surface area contributed by atoms with Gasteiger partial charge in [-0.25, -0.2) is 4.98 Å². The van der Waals surface area contributed by atoms with E-state index in [1.54, 1.807) is 18.3 Å². The highest BCUT2D eigenvalue weighted by atomic mass is 32.1. The molecular weight excluding hydrogens is 276 g/mol. The summed E-state index contributed by atoms with van der Waals surface area (Å²) < 4.78 is 11.0. The molecule has 1 amide bonds. The predicted molar refractivity (Wildman–Crippen MR) is 76.4 cm³/mol. The molecule has 1 saturated heterocycles. The van der Waals surface area contributed by atoms with Crippen molar-refractivity contribution >= 4 is 22.4 Å². The van der Waals surface area contributed by atoms with E-state index in [0.717, 1.165) is 13.0 Å². The average Bonchev–Trinajstić information content (AvgIpc) is 3.12. The summed E-state index contributed by atoms with van der Waals surface area (Å²) in [7, 11) is 0. The second kappa shape index (κ2) is 6.02. The fourth-order valence-electron chi connectivity index (χ4n) is 1.96. The molecule has 3 rings (SSSR count). The molecule has 1 fully saturated rings. The van der Waals surface area contributed by atoms with Crippen molar-refractivity contribution in [3.05, 3.63) is 41.4 Å². The molecule has 2 heterocycles. The van der Waals surface area contributed by atoms with Crippen LogP contribution in [-0.2, 0) is 4.74 Å². The fraction of sp³-hybridized carbons (Fsp3) is 0.286. The Hall–Kier alpha value is -1.92. The molecule has 104 valence electrons. The molecule has 1 unspecified atom stereocenters. The standard InChI is InChI=1S/C14H14N2O3S/c17-13(16-14-15-5-7-20-14)10-2-1-3-11(8-10)19-12-4-6-18-9-12/h1-3,5,7-8,12H,4,6,9H2,(H,15,16,17). The molecule has 1 N–H and O–H groups in total. The third kappa shape index (κ3) is 3.15. The minimum Gasteiger partial charge on any atom is -0.488 e. The van der Waals surface area contributed by atoms with Crippen molar-refractivity contribution in [3.8, 4) is 5.75 Å². The van der Waals surface area contributed by atoms with Crippen LogP contribution >= 0.6 is 11.3 Å². The van der Waals surface area contributed by atoms with Crippen molar-refractivity contribution in [1.29, 1.82) is 0 Å². The Labute approximate surface area is 120 Å². The van der Waals surface area contributed by atoms with Gasteiger partial charge in [-0.05, 0) is 18.2 Å². The zero-order valence-corrected chi connectivity index (χ0v) is 11.6. The van der Waals surface area contributed by atoms with Gasteiger partial charge in [-0.15, -0.1) is 11.3 Å². The Kier molecular flexibility index (Phi) is 3.94. The van der Waals surface area contributed by atoms with Gasteiger partial charge in [0.25, 0.3) is 5.91 Å². The molecule has 1 aliphatic heterocycles. The lowest BCUT2D eigenvalue weighted by Crippen LogP contribution is -2.16. The summed E-state index contributed by atoms with van der Waals surface area (Å²) in [5.41, 5.74) is 0.552. The maximum Gasteiger partial charge on any atom is 0.257 e. The Morgan fingerprint density at radius 3 is 3.20 bits per heavy atom. The first-order valence-electron chi connectivity index (χ1n) is 6.36. The fourth-order valence-corrected chi connectivity index (χ4v) is 2.49. The first kappa shape index (κ1) is 13.1. The van der Waals surface area contributed by atoms with Gasteiger partial charge in [0, 0.05) is 23.6 Å². The van der Waals surface area contributed by atoms with Crippen molar-refractivity contribution in [1.82, 2.24) is 4.98 Å². The van der Waals surface area contributed by atoms with Gasteiger partial charge in [-0.2, -0.15) is 0 Å². The summed E-state index contributed by atoms with van der Waals surface area (Å²) in [5, 5.41) is 5.15. The first-order valence-corrected chi connectivity index (χ1v) is 7.24. The number of thiazole rings is 1. The van der Waals surface area contributed by atoms with Crippen molar-refractivity contribution in [2.75, 3.05) is 18.5 Å². The van der Waals surface area contributed by atoms with Crippen molar-refractivity contribution in [2.24, 2.45) is 0 Å². The van der Waals surface area contributed by atoms with Crippen LogP contribution in [0.1, 0.15) is 16.8 Å². The number of amides is 1. The molecule has 0 spiro atoms. The number of aromatic nitrogens is 1. The van der Waals surface area contributed by atoms with E-state index in [-0.39, 0.29) is 12.0 Å². The van der Waals surface area contributed by atoms with Gasteiger partial charge < -0.3 is 9.47 Å². The first-order chi connectivity index (χ1) is 9.81. The van der Waals surface area contributed by atoms with Gasteiger partial charge in [0.15, 0.2) is 5.13 Å². The van der Waals surface area contributed by atoms with E-state index in [1.807, 2.05) is 17.5 Å². The zero-order chi connectivity index (χ0) is 13.8. The van der Waals surface area contributed by atoms with Crippen LogP contribution in [0.5, 0.6) is 5.75 Å². The lowest BCUT2D eigenvalue weighted by atomic mass is 10.2. The molecule has 5 nitrogen and oxygen atoms in total. The molecule has 0 bridgehead atoms. The molecule has 0 aliphatic carbocycles. The number of rotatable bonds is 4. The van der Waals surface area contributed by atoms with E-state index < -0.39 is 0 Å². The van der Waals surface area contributed by atoms with Crippen LogP contribution in [0.4, 0.5) is 5.13 Å². The van der Waals surface area contributed by atoms with E-state index in [9.17, 15) is 4.79 Å². The lowest BCUT2D eigenvalue weighted by molar-refractivity contribution is 0.102. The molecule has 0 saturated carbocycles. The maximum atomic E-state index is 12.1. The van der Waals surface area contributed by atoms with Gasteiger partial charge >= 0.3 is 0 Å². The van der Waals surface area contributed by atoms with Crippen molar-refractivity contribution < 1.29 is 14.3 Å². The molecule has 1 aromatic carbocycles. The van der Waals surface area contributed by atoms with Crippen LogP contribution in [0.2, 0.25) is 0 Å². The number of nitrogens with one attached hydrogen (secondary N) is 1. The van der Waals surface area contributed by atoms with E-state index in [2.05, 4.69) is 10.3 Å². The summed E-state index contributed by atoms with van der Waals surface area (Å²) in [6.07, 6.45) is 2.61. The average molecular weight is 290 g/mol. The van der Waals surface area contributed by atoms with Gasteiger partial charge in [-0.1, -0.05) is 6.07 Å². The number of anilines is 1.